The lowest BCUT2D eigenvalue weighted by Gasteiger charge is -2.13. The molecule has 106 valence electrons. The van der Waals surface area contributed by atoms with Gasteiger partial charge in [-0.3, -0.25) is 0 Å². The molecule has 19 heavy (non-hydrogen) atoms. The van der Waals surface area contributed by atoms with E-state index in [4.69, 9.17) is 4.74 Å². The van der Waals surface area contributed by atoms with E-state index in [1.54, 1.807) is 0 Å². The van der Waals surface area contributed by atoms with Crippen molar-refractivity contribution in [3.05, 3.63) is 41.5 Å². The number of benzene rings is 1. The van der Waals surface area contributed by atoms with E-state index in [9.17, 15) is 17.6 Å². The Balaban J connectivity index is 2.70. The van der Waals surface area contributed by atoms with Crippen LogP contribution < -0.4 is 10.1 Å². The van der Waals surface area contributed by atoms with Crippen molar-refractivity contribution >= 4 is 0 Å². The van der Waals surface area contributed by atoms with E-state index in [-0.39, 0.29) is 18.7 Å². The second-order valence-corrected chi connectivity index (χ2v) is 4.37. The molecule has 0 aliphatic rings. The lowest BCUT2D eigenvalue weighted by Crippen LogP contribution is -2.26. The highest BCUT2D eigenvalue weighted by Gasteiger charge is 2.20. The summed E-state index contributed by atoms with van der Waals surface area (Å²) in [5.41, 5.74) is 0.497. The maximum atomic E-state index is 13.3. The van der Waals surface area contributed by atoms with Gasteiger partial charge in [-0.1, -0.05) is 20.4 Å². The van der Waals surface area contributed by atoms with Crippen molar-refractivity contribution in [2.75, 3.05) is 13.2 Å². The summed E-state index contributed by atoms with van der Waals surface area (Å²) < 4.78 is 57.1. The van der Waals surface area contributed by atoms with Crippen LogP contribution in [0.5, 0.6) is 5.75 Å². The molecule has 1 rings (SSSR count). The van der Waals surface area contributed by atoms with Gasteiger partial charge < -0.3 is 10.1 Å². The van der Waals surface area contributed by atoms with Crippen molar-refractivity contribution in [3.63, 3.8) is 0 Å². The van der Waals surface area contributed by atoms with Gasteiger partial charge >= 0.3 is 0 Å². The SMILES string of the molecule is C=C(CNC(C)C)COc1c(F)c(F)cc(F)c1F. The van der Waals surface area contributed by atoms with Gasteiger partial charge in [0.25, 0.3) is 0 Å². The highest BCUT2D eigenvalue weighted by atomic mass is 19.2. The van der Waals surface area contributed by atoms with Crippen LogP contribution in [0.4, 0.5) is 17.6 Å². The molecule has 0 unspecified atom stereocenters. The van der Waals surface area contributed by atoms with Crippen LogP contribution >= 0.6 is 0 Å². The minimum Gasteiger partial charge on any atom is -0.483 e. The Morgan fingerprint density at radius 2 is 1.74 bits per heavy atom. The molecule has 0 radical (unpaired) electrons. The predicted octanol–water partition coefficient (Wildman–Crippen LogP) is 3.18. The molecule has 0 atom stereocenters. The monoisotopic (exact) mass is 277 g/mol. The van der Waals surface area contributed by atoms with Crippen LogP contribution in [0.25, 0.3) is 0 Å². The predicted molar refractivity (Wildman–Crippen MR) is 64.0 cm³/mol. The maximum absolute atomic E-state index is 13.3. The van der Waals surface area contributed by atoms with E-state index in [1.807, 2.05) is 13.8 Å². The Morgan fingerprint density at radius 3 is 2.21 bits per heavy atom. The molecule has 6 heteroatoms. The molecule has 2 nitrogen and oxygen atoms in total. The molecular weight excluding hydrogens is 262 g/mol. The largest absolute Gasteiger partial charge is 0.483 e. The third-order valence-electron chi connectivity index (χ3n) is 2.25. The van der Waals surface area contributed by atoms with E-state index >= 15 is 0 Å². The first kappa shape index (κ1) is 15.5. The van der Waals surface area contributed by atoms with Crippen LogP contribution in [0, 0.1) is 23.3 Å². The van der Waals surface area contributed by atoms with E-state index in [0.717, 1.165) is 0 Å². The van der Waals surface area contributed by atoms with Gasteiger partial charge in [0.1, 0.15) is 6.61 Å². The molecular formula is C13H15F4NO. The zero-order valence-corrected chi connectivity index (χ0v) is 10.7. The minimum absolute atomic E-state index is 0.132. The van der Waals surface area contributed by atoms with Gasteiger partial charge in [0.15, 0.2) is 17.4 Å². The first-order valence-electron chi connectivity index (χ1n) is 5.68. The molecule has 0 saturated carbocycles. The first-order chi connectivity index (χ1) is 8.82. The Bertz CT molecular complexity index is 448. The van der Waals surface area contributed by atoms with Crippen LogP contribution in [-0.4, -0.2) is 19.2 Å². The van der Waals surface area contributed by atoms with Gasteiger partial charge in [0, 0.05) is 18.7 Å². The average molecular weight is 277 g/mol. The summed E-state index contributed by atoms with van der Waals surface area (Å²) in [7, 11) is 0. The fourth-order valence-electron chi connectivity index (χ4n) is 1.25. The number of ether oxygens (including phenoxy) is 1. The van der Waals surface area contributed by atoms with E-state index in [0.29, 0.717) is 12.1 Å². The fourth-order valence-corrected chi connectivity index (χ4v) is 1.25. The zero-order valence-electron chi connectivity index (χ0n) is 10.7. The molecule has 0 aliphatic heterocycles. The molecule has 1 aromatic rings. The second kappa shape index (κ2) is 6.56. The normalized spacial score (nSPS) is 10.9. The van der Waals surface area contributed by atoms with E-state index in [2.05, 4.69) is 11.9 Å². The van der Waals surface area contributed by atoms with Crippen LogP contribution in [-0.2, 0) is 0 Å². The molecule has 0 fully saturated rings. The highest BCUT2D eigenvalue weighted by Crippen LogP contribution is 2.26. The molecule has 0 aromatic heterocycles. The molecule has 0 bridgehead atoms. The molecule has 1 aromatic carbocycles. The van der Waals surface area contributed by atoms with Crippen LogP contribution in [0.1, 0.15) is 13.8 Å². The molecule has 0 heterocycles. The Hall–Kier alpha value is -1.56. The summed E-state index contributed by atoms with van der Waals surface area (Å²) in [6.45, 7) is 7.58. The maximum Gasteiger partial charge on any atom is 0.203 e. The summed E-state index contributed by atoms with van der Waals surface area (Å²) in [5, 5.41) is 3.02. The summed E-state index contributed by atoms with van der Waals surface area (Å²) in [6, 6.07) is 0.337. The smallest absolute Gasteiger partial charge is 0.203 e. The summed E-state index contributed by atoms with van der Waals surface area (Å²) in [6.07, 6.45) is 0. The third-order valence-corrected chi connectivity index (χ3v) is 2.25. The minimum atomic E-state index is -1.55. The zero-order chi connectivity index (χ0) is 14.6. The van der Waals surface area contributed by atoms with Crippen molar-refractivity contribution in [1.29, 1.82) is 0 Å². The van der Waals surface area contributed by atoms with Crippen molar-refractivity contribution in [2.45, 2.75) is 19.9 Å². The molecule has 0 spiro atoms. The van der Waals surface area contributed by atoms with Crippen LogP contribution in [0.15, 0.2) is 18.2 Å². The molecule has 1 N–H and O–H groups in total. The van der Waals surface area contributed by atoms with Crippen molar-refractivity contribution in [1.82, 2.24) is 5.32 Å². The second-order valence-electron chi connectivity index (χ2n) is 4.37. The molecule has 0 aliphatic carbocycles. The molecule has 0 saturated heterocycles. The summed E-state index contributed by atoms with van der Waals surface area (Å²) in [4.78, 5) is 0. The van der Waals surface area contributed by atoms with Gasteiger partial charge in [-0.25, -0.2) is 8.78 Å². The summed E-state index contributed by atoms with van der Waals surface area (Å²) in [5.74, 6) is -7.17. The Labute approximate surface area is 109 Å². The number of hydrogen-bond acceptors (Lipinski definition) is 2. The quantitative estimate of drug-likeness (QED) is 0.490. The van der Waals surface area contributed by atoms with E-state index in [1.165, 1.54) is 0 Å². The number of hydrogen-bond donors (Lipinski definition) is 1. The van der Waals surface area contributed by atoms with Gasteiger partial charge in [-0.15, -0.1) is 0 Å². The van der Waals surface area contributed by atoms with Crippen LogP contribution in [0.3, 0.4) is 0 Å². The Morgan fingerprint density at radius 1 is 1.21 bits per heavy atom. The highest BCUT2D eigenvalue weighted by molar-refractivity contribution is 5.29. The number of nitrogens with one attached hydrogen (secondary N) is 1. The van der Waals surface area contributed by atoms with Crippen molar-refractivity contribution in [2.24, 2.45) is 0 Å². The van der Waals surface area contributed by atoms with Gasteiger partial charge in [0.05, 0.1) is 0 Å². The lowest BCUT2D eigenvalue weighted by molar-refractivity contribution is 0.292. The lowest BCUT2D eigenvalue weighted by atomic mass is 10.2. The standard InChI is InChI=1S/C13H15F4NO/c1-7(2)18-5-8(3)6-19-13-11(16)9(14)4-10(15)12(13)17/h4,7,18H,3,5-6H2,1-2H3. The van der Waals surface area contributed by atoms with Crippen LogP contribution in [0.2, 0.25) is 0 Å². The van der Waals surface area contributed by atoms with E-state index < -0.39 is 29.0 Å². The fraction of sp³-hybridized carbons (Fsp3) is 0.385. The number of halogens is 4. The first-order valence-corrected chi connectivity index (χ1v) is 5.68. The molecule has 0 amide bonds. The van der Waals surface area contributed by atoms with Crippen molar-refractivity contribution in [3.8, 4) is 5.75 Å². The van der Waals surface area contributed by atoms with Gasteiger partial charge in [-0.2, -0.15) is 8.78 Å². The number of rotatable bonds is 6. The van der Waals surface area contributed by atoms with Gasteiger partial charge in [0.2, 0.25) is 11.6 Å². The van der Waals surface area contributed by atoms with Gasteiger partial charge in [-0.05, 0) is 5.57 Å². The summed E-state index contributed by atoms with van der Waals surface area (Å²) >= 11 is 0. The third kappa shape index (κ3) is 4.24. The van der Waals surface area contributed by atoms with Crippen molar-refractivity contribution < 1.29 is 22.3 Å². The topological polar surface area (TPSA) is 21.3 Å². The Kier molecular flexibility index (Phi) is 5.35. The average Bonchev–Trinajstić information content (AvgIpc) is 2.34.